The molecule has 0 saturated carbocycles. The summed E-state index contributed by atoms with van der Waals surface area (Å²) in [5, 5.41) is 9.15. The summed E-state index contributed by atoms with van der Waals surface area (Å²) >= 11 is 3.46. The number of nitrogens with zero attached hydrogens (tertiary/aromatic N) is 1. The van der Waals surface area contributed by atoms with E-state index >= 15 is 0 Å². The first-order valence-electron chi connectivity index (χ1n) is 6.66. The molecule has 3 aromatic rings. The maximum absolute atomic E-state index is 11.2. The van der Waals surface area contributed by atoms with Crippen LogP contribution in [0.5, 0.6) is 0 Å². The molecule has 0 aliphatic carbocycles. The van der Waals surface area contributed by atoms with E-state index in [4.69, 9.17) is 9.52 Å². The lowest BCUT2D eigenvalue weighted by atomic mass is 10.1. The Morgan fingerprint density at radius 2 is 1.91 bits per heavy atom. The van der Waals surface area contributed by atoms with Gasteiger partial charge >= 0.3 is 5.97 Å². The van der Waals surface area contributed by atoms with Crippen molar-refractivity contribution in [3.05, 3.63) is 64.5 Å². The number of carbonyl (C=O) groups is 1. The average molecular weight is 358 g/mol. The molecule has 0 radical (unpaired) electrons. The molecule has 1 heterocycles. The van der Waals surface area contributed by atoms with Crippen LogP contribution in [-0.2, 0) is 4.79 Å². The van der Waals surface area contributed by atoms with Crippen molar-refractivity contribution in [2.75, 3.05) is 0 Å². The highest BCUT2D eigenvalue weighted by Gasteiger charge is 2.14. The number of aliphatic carboxylic acids is 1. The average Bonchev–Trinajstić information content (AvgIpc) is 2.92. The van der Waals surface area contributed by atoms with Crippen molar-refractivity contribution >= 4 is 44.6 Å². The van der Waals surface area contributed by atoms with Gasteiger partial charge in [0, 0.05) is 10.0 Å². The van der Waals surface area contributed by atoms with E-state index < -0.39 is 5.97 Å². The number of carboxylic acids is 1. The fourth-order valence-corrected chi connectivity index (χ4v) is 2.54. The zero-order valence-corrected chi connectivity index (χ0v) is 13.1. The summed E-state index contributed by atoms with van der Waals surface area (Å²) in [7, 11) is 0. The van der Waals surface area contributed by atoms with Gasteiger partial charge in [0.05, 0.1) is 6.42 Å². The summed E-state index contributed by atoms with van der Waals surface area (Å²) in [5.41, 5.74) is 2.75. The lowest BCUT2D eigenvalue weighted by molar-refractivity contribution is -0.135. The zero-order valence-electron chi connectivity index (χ0n) is 11.5. The molecule has 22 heavy (non-hydrogen) atoms. The molecule has 4 nitrogen and oxygen atoms in total. The van der Waals surface area contributed by atoms with Crippen LogP contribution in [0, 0.1) is 0 Å². The van der Waals surface area contributed by atoms with Crippen molar-refractivity contribution in [1.29, 1.82) is 0 Å². The Hall–Kier alpha value is -2.40. The van der Waals surface area contributed by atoms with E-state index in [2.05, 4.69) is 20.9 Å². The number of hydrogen-bond acceptors (Lipinski definition) is 3. The number of aromatic nitrogens is 1. The molecule has 0 spiro atoms. The second-order valence-electron chi connectivity index (χ2n) is 4.75. The summed E-state index contributed by atoms with van der Waals surface area (Å²) in [6.45, 7) is 0. The Bertz CT molecular complexity index is 834. The van der Waals surface area contributed by atoms with Crippen molar-refractivity contribution in [3.8, 4) is 0 Å². The monoisotopic (exact) mass is 357 g/mol. The summed E-state index contributed by atoms with van der Waals surface area (Å²) in [4.78, 5) is 15.5. The third kappa shape index (κ3) is 3.09. The Morgan fingerprint density at radius 1 is 1.18 bits per heavy atom. The molecule has 2 aromatic carbocycles. The molecule has 110 valence electrons. The van der Waals surface area contributed by atoms with Gasteiger partial charge in [0.1, 0.15) is 5.52 Å². The summed E-state index contributed by atoms with van der Waals surface area (Å²) in [5.74, 6) is -0.597. The number of rotatable bonds is 4. The molecular formula is C17H12BrNO3. The number of benzene rings is 2. The number of oxazole rings is 1. The normalized spacial score (nSPS) is 11.8. The molecule has 5 heteroatoms. The molecule has 0 saturated heterocycles. The molecule has 3 rings (SSSR count). The Labute approximate surface area is 135 Å². The van der Waals surface area contributed by atoms with Gasteiger partial charge < -0.3 is 9.52 Å². The van der Waals surface area contributed by atoms with Gasteiger partial charge in [-0.25, -0.2) is 4.98 Å². The molecule has 0 unspecified atom stereocenters. The van der Waals surface area contributed by atoms with Crippen LogP contribution in [0.3, 0.4) is 0 Å². The minimum atomic E-state index is -0.930. The molecule has 1 aromatic heterocycles. The van der Waals surface area contributed by atoms with Gasteiger partial charge in [0.25, 0.3) is 0 Å². The highest BCUT2D eigenvalue weighted by atomic mass is 79.9. The smallest absolute Gasteiger partial charge is 0.308 e. The van der Waals surface area contributed by atoms with Gasteiger partial charge in [-0.15, -0.1) is 0 Å². The van der Waals surface area contributed by atoms with Gasteiger partial charge in [0.15, 0.2) is 5.58 Å². The van der Waals surface area contributed by atoms with Gasteiger partial charge in [-0.1, -0.05) is 46.3 Å². The molecule has 0 bridgehead atoms. The van der Waals surface area contributed by atoms with Crippen LogP contribution in [0.4, 0.5) is 0 Å². The minimum Gasteiger partial charge on any atom is -0.481 e. The molecular weight excluding hydrogens is 346 g/mol. The lowest BCUT2D eigenvalue weighted by Gasteiger charge is -2.02. The summed E-state index contributed by atoms with van der Waals surface area (Å²) in [6.07, 6.45) is 1.62. The molecule has 0 atom stereocenters. The third-order valence-electron chi connectivity index (χ3n) is 3.15. The maximum atomic E-state index is 11.2. The Balaban J connectivity index is 2.10. The first-order valence-corrected chi connectivity index (χ1v) is 7.45. The standard InChI is InChI=1S/C17H12BrNO3/c18-13-6-2-1-5-11(13)9-12(10-16(20)21)17-19-14-7-3-4-8-15(14)22-17/h1-9H,10H2,(H,20,21)/b12-9+. The highest BCUT2D eigenvalue weighted by Crippen LogP contribution is 2.27. The number of carboxylic acid groups (broad SMARTS) is 1. The van der Waals surface area contributed by atoms with E-state index in [0.29, 0.717) is 22.6 Å². The quantitative estimate of drug-likeness (QED) is 0.740. The van der Waals surface area contributed by atoms with E-state index in [0.717, 1.165) is 10.0 Å². The topological polar surface area (TPSA) is 63.3 Å². The largest absolute Gasteiger partial charge is 0.481 e. The van der Waals surface area contributed by atoms with Gasteiger partial charge in [-0.05, 0) is 29.8 Å². The Kier molecular flexibility index (Phi) is 4.06. The fraction of sp³-hybridized carbons (Fsp3) is 0.0588. The summed E-state index contributed by atoms with van der Waals surface area (Å²) in [6, 6.07) is 14.9. The van der Waals surface area contributed by atoms with Gasteiger partial charge in [-0.2, -0.15) is 0 Å². The minimum absolute atomic E-state index is 0.159. The van der Waals surface area contributed by atoms with E-state index in [1.165, 1.54) is 0 Å². The molecule has 0 amide bonds. The van der Waals surface area contributed by atoms with Crippen LogP contribution < -0.4 is 0 Å². The van der Waals surface area contributed by atoms with Crippen molar-refractivity contribution < 1.29 is 14.3 Å². The highest BCUT2D eigenvalue weighted by molar-refractivity contribution is 9.10. The first kappa shape index (κ1) is 14.5. The Morgan fingerprint density at radius 3 is 2.64 bits per heavy atom. The van der Waals surface area contributed by atoms with Crippen molar-refractivity contribution in [2.24, 2.45) is 0 Å². The van der Waals surface area contributed by atoms with E-state index in [9.17, 15) is 4.79 Å². The number of para-hydroxylation sites is 2. The van der Waals surface area contributed by atoms with Crippen LogP contribution in [0.1, 0.15) is 17.9 Å². The first-order chi connectivity index (χ1) is 10.6. The lowest BCUT2D eigenvalue weighted by Crippen LogP contribution is -1.97. The van der Waals surface area contributed by atoms with Gasteiger partial charge in [0.2, 0.25) is 5.89 Å². The van der Waals surface area contributed by atoms with Crippen LogP contribution >= 0.6 is 15.9 Å². The fourth-order valence-electron chi connectivity index (χ4n) is 2.14. The van der Waals surface area contributed by atoms with Crippen LogP contribution in [-0.4, -0.2) is 16.1 Å². The van der Waals surface area contributed by atoms with E-state index in [-0.39, 0.29) is 6.42 Å². The maximum Gasteiger partial charge on any atom is 0.308 e. The van der Waals surface area contributed by atoms with Gasteiger partial charge in [-0.3, -0.25) is 4.79 Å². The molecule has 1 N–H and O–H groups in total. The summed E-state index contributed by atoms with van der Waals surface area (Å²) < 4.78 is 6.57. The number of hydrogen-bond donors (Lipinski definition) is 1. The second kappa shape index (κ2) is 6.15. The van der Waals surface area contributed by atoms with Crippen LogP contribution in [0.2, 0.25) is 0 Å². The zero-order chi connectivity index (χ0) is 15.5. The second-order valence-corrected chi connectivity index (χ2v) is 5.60. The predicted molar refractivity (Wildman–Crippen MR) is 88.3 cm³/mol. The number of fused-ring (bicyclic) bond motifs is 1. The van der Waals surface area contributed by atoms with E-state index in [1.54, 1.807) is 6.08 Å². The van der Waals surface area contributed by atoms with Crippen LogP contribution in [0.15, 0.2) is 57.4 Å². The van der Waals surface area contributed by atoms with Crippen LogP contribution in [0.25, 0.3) is 22.7 Å². The van der Waals surface area contributed by atoms with Crippen molar-refractivity contribution in [1.82, 2.24) is 4.98 Å². The van der Waals surface area contributed by atoms with Crippen molar-refractivity contribution in [2.45, 2.75) is 6.42 Å². The molecule has 0 fully saturated rings. The molecule has 0 aliphatic heterocycles. The molecule has 0 aliphatic rings. The third-order valence-corrected chi connectivity index (χ3v) is 3.87. The number of halogens is 1. The SMILES string of the molecule is O=C(O)C/C(=C\c1ccccc1Br)c1nc2ccccc2o1. The van der Waals surface area contributed by atoms with E-state index in [1.807, 2.05) is 48.5 Å². The predicted octanol–water partition coefficient (Wildman–Crippen LogP) is 4.61. The van der Waals surface area contributed by atoms with Crippen molar-refractivity contribution in [3.63, 3.8) is 0 Å².